The van der Waals surface area contributed by atoms with E-state index in [1.54, 1.807) is 18.2 Å². The van der Waals surface area contributed by atoms with Crippen LogP contribution in [-0.2, 0) is 4.79 Å². The van der Waals surface area contributed by atoms with Gasteiger partial charge in [-0.2, -0.15) is 0 Å². The maximum absolute atomic E-state index is 12.3. The lowest BCUT2D eigenvalue weighted by Gasteiger charge is -2.10. The highest BCUT2D eigenvalue weighted by Crippen LogP contribution is 2.29. The number of methoxy groups -OCH3 is 3. The van der Waals surface area contributed by atoms with Gasteiger partial charge in [0.2, 0.25) is 5.91 Å². The normalized spacial score (nSPS) is 10.0. The van der Waals surface area contributed by atoms with Gasteiger partial charge in [-0.25, -0.2) is 0 Å². The molecular formula is C19H21N3O7. The molecule has 0 saturated heterocycles. The van der Waals surface area contributed by atoms with Gasteiger partial charge in [0, 0.05) is 24.6 Å². The fourth-order valence-electron chi connectivity index (χ4n) is 2.44. The minimum Gasteiger partial charge on any atom is -0.497 e. The summed E-state index contributed by atoms with van der Waals surface area (Å²) in [5, 5.41) is 16.2. The van der Waals surface area contributed by atoms with Crippen LogP contribution in [0.25, 0.3) is 0 Å². The maximum atomic E-state index is 12.3. The molecule has 0 aliphatic heterocycles. The average molecular weight is 403 g/mol. The molecule has 2 aromatic carbocycles. The molecule has 0 aliphatic rings. The molecule has 0 radical (unpaired) electrons. The largest absolute Gasteiger partial charge is 0.497 e. The minimum atomic E-state index is -0.615. The van der Waals surface area contributed by atoms with Gasteiger partial charge in [-0.1, -0.05) is 0 Å². The summed E-state index contributed by atoms with van der Waals surface area (Å²) in [5.74, 6) is 0.320. The van der Waals surface area contributed by atoms with Gasteiger partial charge in [-0.3, -0.25) is 19.7 Å². The van der Waals surface area contributed by atoms with Crippen LogP contribution >= 0.6 is 0 Å². The van der Waals surface area contributed by atoms with Crippen molar-refractivity contribution < 1.29 is 28.7 Å². The van der Waals surface area contributed by atoms with Crippen LogP contribution in [0.15, 0.2) is 36.4 Å². The zero-order valence-electron chi connectivity index (χ0n) is 16.2. The first-order valence-electron chi connectivity index (χ1n) is 8.51. The smallest absolute Gasteiger partial charge is 0.296 e. The molecule has 0 aliphatic carbocycles. The molecule has 0 spiro atoms. The molecule has 0 unspecified atom stereocenters. The number of amides is 2. The topological polar surface area (TPSA) is 129 Å². The number of benzene rings is 2. The third-order valence-corrected chi connectivity index (χ3v) is 3.93. The third-order valence-electron chi connectivity index (χ3n) is 3.93. The molecular weight excluding hydrogens is 382 g/mol. The summed E-state index contributed by atoms with van der Waals surface area (Å²) in [5.41, 5.74) is 0.0715. The number of carbonyl (C=O) groups is 2. The number of ether oxygens (including phenoxy) is 3. The molecule has 0 bridgehead atoms. The number of hydrogen-bond acceptors (Lipinski definition) is 7. The van der Waals surface area contributed by atoms with E-state index in [-0.39, 0.29) is 24.3 Å². The first-order chi connectivity index (χ1) is 13.9. The second-order valence-corrected chi connectivity index (χ2v) is 5.80. The maximum Gasteiger partial charge on any atom is 0.296 e. The summed E-state index contributed by atoms with van der Waals surface area (Å²) in [7, 11) is 4.33. The Balaban J connectivity index is 1.95. The fraction of sp³-hybridized carbons (Fsp3) is 0.263. The molecule has 2 amide bonds. The van der Waals surface area contributed by atoms with Gasteiger partial charge >= 0.3 is 0 Å². The molecule has 0 saturated carbocycles. The van der Waals surface area contributed by atoms with E-state index >= 15 is 0 Å². The SMILES string of the molecule is COc1cc(OC)cc(C(=O)NCCC(=O)Nc2ccc(OC)cc2[N+](=O)[O-])c1. The number of anilines is 1. The van der Waals surface area contributed by atoms with Crippen molar-refractivity contribution in [3.8, 4) is 17.2 Å². The molecule has 0 aromatic heterocycles. The summed E-state index contributed by atoms with van der Waals surface area (Å²) < 4.78 is 15.2. The Morgan fingerprint density at radius 2 is 1.59 bits per heavy atom. The van der Waals surface area contributed by atoms with E-state index in [1.807, 2.05) is 0 Å². The van der Waals surface area contributed by atoms with E-state index in [2.05, 4.69) is 10.6 Å². The average Bonchev–Trinajstić information content (AvgIpc) is 2.73. The van der Waals surface area contributed by atoms with Gasteiger partial charge in [0.25, 0.3) is 11.6 Å². The number of nitro groups is 1. The molecule has 0 heterocycles. The van der Waals surface area contributed by atoms with Crippen LogP contribution in [-0.4, -0.2) is 44.6 Å². The predicted octanol–water partition coefficient (Wildman–Crippen LogP) is 2.38. The summed E-state index contributed by atoms with van der Waals surface area (Å²) >= 11 is 0. The van der Waals surface area contributed by atoms with Gasteiger partial charge in [-0.15, -0.1) is 0 Å². The van der Waals surface area contributed by atoms with Crippen molar-refractivity contribution in [2.24, 2.45) is 0 Å². The zero-order valence-corrected chi connectivity index (χ0v) is 16.2. The number of hydrogen-bond donors (Lipinski definition) is 2. The Morgan fingerprint density at radius 3 is 2.14 bits per heavy atom. The van der Waals surface area contributed by atoms with Crippen LogP contribution < -0.4 is 24.8 Å². The molecule has 2 N–H and O–H groups in total. The highest BCUT2D eigenvalue weighted by Gasteiger charge is 2.17. The van der Waals surface area contributed by atoms with E-state index in [4.69, 9.17) is 14.2 Å². The summed E-state index contributed by atoms with van der Waals surface area (Å²) in [4.78, 5) is 34.9. The Kier molecular flexibility index (Phi) is 7.35. The Labute approximate surface area is 166 Å². The molecule has 154 valence electrons. The first kappa shape index (κ1) is 21.5. The van der Waals surface area contributed by atoms with Gasteiger partial charge in [0.05, 0.1) is 32.3 Å². The number of rotatable bonds is 9. The van der Waals surface area contributed by atoms with Crippen molar-refractivity contribution in [2.45, 2.75) is 6.42 Å². The second-order valence-electron chi connectivity index (χ2n) is 5.80. The van der Waals surface area contributed by atoms with E-state index < -0.39 is 16.7 Å². The van der Waals surface area contributed by atoms with Crippen molar-refractivity contribution >= 4 is 23.2 Å². The number of nitrogens with one attached hydrogen (secondary N) is 2. The van der Waals surface area contributed by atoms with Gasteiger partial charge in [0.15, 0.2) is 0 Å². The van der Waals surface area contributed by atoms with Gasteiger partial charge in [-0.05, 0) is 24.3 Å². The van der Waals surface area contributed by atoms with E-state index in [9.17, 15) is 19.7 Å². The molecule has 0 fully saturated rings. The highest BCUT2D eigenvalue weighted by atomic mass is 16.6. The van der Waals surface area contributed by atoms with Gasteiger partial charge < -0.3 is 24.8 Å². The second kappa shape index (κ2) is 9.93. The molecule has 2 aromatic rings. The van der Waals surface area contributed by atoms with Gasteiger partial charge in [0.1, 0.15) is 22.9 Å². The van der Waals surface area contributed by atoms with Crippen LogP contribution in [0.5, 0.6) is 17.2 Å². The lowest BCUT2D eigenvalue weighted by molar-refractivity contribution is -0.384. The van der Waals surface area contributed by atoms with E-state index in [0.29, 0.717) is 22.8 Å². The van der Waals surface area contributed by atoms with Crippen molar-refractivity contribution in [3.05, 3.63) is 52.1 Å². The van der Waals surface area contributed by atoms with Crippen molar-refractivity contribution in [3.63, 3.8) is 0 Å². The predicted molar refractivity (Wildman–Crippen MR) is 105 cm³/mol. The number of nitrogens with zero attached hydrogens (tertiary/aromatic N) is 1. The quantitative estimate of drug-likeness (QED) is 0.486. The molecule has 29 heavy (non-hydrogen) atoms. The number of nitro benzene ring substituents is 1. The lowest BCUT2D eigenvalue weighted by Crippen LogP contribution is -2.27. The van der Waals surface area contributed by atoms with Crippen molar-refractivity contribution in [2.75, 3.05) is 33.2 Å². The summed E-state index contributed by atoms with van der Waals surface area (Å²) in [6, 6.07) is 8.81. The van der Waals surface area contributed by atoms with Crippen LogP contribution in [0.2, 0.25) is 0 Å². The molecule has 0 atom stereocenters. The summed E-state index contributed by atoms with van der Waals surface area (Å²) in [6.45, 7) is 0.0359. The monoisotopic (exact) mass is 403 g/mol. The van der Waals surface area contributed by atoms with Crippen LogP contribution in [0, 0.1) is 10.1 Å². The van der Waals surface area contributed by atoms with E-state index in [1.165, 1.54) is 39.5 Å². The Morgan fingerprint density at radius 1 is 0.966 bits per heavy atom. The number of carbonyl (C=O) groups excluding carboxylic acids is 2. The van der Waals surface area contributed by atoms with Crippen LogP contribution in [0.3, 0.4) is 0 Å². The van der Waals surface area contributed by atoms with Crippen LogP contribution in [0.4, 0.5) is 11.4 Å². The lowest BCUT2D eigenvalue weighted by atomic mass is 10.2. The van der Waals surface area contributed by atoms with Crippen LogP contribution in [0.1, 0.15) is 16.8 Å². The third kappa shape index (κ3) is 5.83. The Hall–Kier alpha value is -3.82. The molecule has 10 nitrogen and oxygen atoms in total. The molecule has 10 heteroatoms. The van der Waals surface area contributed by atoms with E-state index in [0.717, 1.165) is 0 Å². The van der Waals surface area contributed by atoms with Crippen molar-refractivity contribution in [1.82, 2.24) is 5.32 Å². The molecule has 2 rings (SSSR count). The first-order valence-corrected chi connectivity index (χ1v) is 8.51. The zero-order chi connectivity index (χ0) is 21.4. The standard InChI is InChI=1S/C19H21N3O7/c1-27-13-4-5-16(17(11-13)22(25)26)21-18(23)6-7-20-19(24)12-8-14(28-2)10-15(9-12)29-3/h4-5,8-11H,6-7H2,1-3H3,(H,20,24)(H,21,23). The fourth-order valence-corrected chi connectivity index (χ4v) is 2.44. The van der Waals surface area contributed by atoms with Crippen molar-refractivity contribution in [1.29, 1.82) is 0 Å². The highest BCUT2D eigenvalue weighted by molar-refractivity contribution is 5.96. The Bertz CT molecular complexity index is 892. The summed E-state index contributed by atoms with van der Waals surface area (Å²) in [6.07, 6.45) is -0.0734. The minimum absolute atomic E-state index is 0.0359.